The van der Waals surface area contributed by atoms with Crippen LogP contribution < -0.4 is 0 Å². The zero-order chi connectivity index (χ0) is 27.0. The van der Waals surface area contributed by atoms with E-state index in [1.807, 2.05) is 22.8 Å². The van der Waals surface area contributed by atoms with E-state index in [-0.39, 0.29) is 5.97 Å². The van der Waals surface area contributed by atoms with Crippen LogP contribution in [0, 0.1) is 0 Å². The number of hydrogen-bond donors (Lipinski definition) is 0. The summed E-state index contributed by atoms with van der Waals surface area (Å²) in [5.41, 5.74) is 4.89. The van der Waals surface area contributed by atoms with Crippen LogP contribution in [0.4, 0.5) is 0 Å². The molecule has 5 rings (SSSR count). The number of methoxy groups -OCH3 is 1. The molecular formula is C31H38N4O3S. The number of aromatic nitrogens is 3. The van der Waals surface area contributed by atoms with Crippen LogP contribution in [0.15, 0.2) is 54.7 Å². The van der Waals surface area contributed by atoms with Crippen molar-refractivity contribution in [2.45, 2.75) is 51.4 Å². The van der Waals surface area contributed by atoms with Gasteiger partial charge in [-0.1, -0.05) is 60.6 Å². The quantitative estimate of drug-likeness (QED) is 0.146. The number of fused-ring (bicyclic) bond motifs is 1. The SMILES string of the molecule is CCOC(=O)c1ccc(-c2cn3nc(-c4ccc(C5CCN(CCCCCCOC)CC5)cc4)sc3n2)cc1. The summed E-state index contributed by atoms with van der Waals surface area (Å²) in [5.74, 6) is 0.334. The van der Waals surface area contributed by atoms with Crippen molar-refractivity contribution in [1.82, 2.24) is 19.5 Å². The van der Waals surface area contributed by atoms with Crippen molar-refractivity contribution in [3.8, 4) is 21.8 Å². The smallest absolute Gasteiger partial charge is 0.338 e. The molecule has 0 saturated carbocycles. The fourth-order valence-corrected chi connectivity index (χ4v) is 6.16. The number of ether oxygens (including phenoxy) is 2. The minimum atomic E-state index is -0.308. The van der Waals surface area contributed by atoms with E-state index in [0.29, 0.717) is 18.1 Å². The second kappa shape index (κ2) is 13.3. The first-order valence-corrected chi connectivity index (χ1v) is 14.9. The first-order valence-electron chi connectivity index (χ1n) is 14.1. The largest absolute Gasteiger partial charge is 0.462 e. The van der Waals surface area contributed by atoms with Gasteiger partial charge in [0.15, 0.2) is 0 Å². The average molecular weight is 547 g/mol. The molecule has 0 atom stereocenters. The van der Waals surface area contributed by atoms with Crippen LogP contribution in [-0.4, -0.2) is 65.4 Å². The Balaban J connectivity index is 1.14. The molecule has 3 heterocycles. The van der Waals surface area contributed by atoms with Crippen molar-refractivity contribution in [3.63, 3.8) is 0 Å². The lowest BCUT2D eigenvalue weighted by Gasteiger charge is -2.32. The summed E-state index contributed by atoms with van der Waals surface area (Å²) >= 11 is 1.59. The first-order chi connectivity index (χ1) is 19.1. The van der Waals surface area contributed by atoms with E-state index in [9.17, 15) is 4.79 Å². The summed E-state index contributed by atoms with van der Waals surface area (Å²) in [4.78, 5) is 20.2. The molecule has 0 unspecified atom stereocenters. The van der Waals surface area contributed by atoms with Gasteiger partial charge in [-0.25, -0.2) is 14.3 Å². The summed E-state index contributed by atoms with van der Waals surface area (Å²) < 4.78 is 12.0. The molecule has 1 fully saturated rings. The summed E-state index contributed by atoms with van der Waals surface area (Å²) in [6.07, 6.45) is 9.46. The van der Waals surface area contributed by atoms with Crippen LogP contribution in [0.1, 0.15) is 67.3 Å². The van der Waals surface area contributed by atoms with Gasteiger partial charge in [-0.05, 0) is 75.9 Å². The van der Waals surface area contributed by atoms with Gasteiger partial charge in [0.1, 0.15) is 5.01 Å². The molecule has 0 N–H and O–H groups in total. The van der Waals surface area contributed by atoms with Crippen molar-refractivity contribution >= 4 is 22.3 Å². The molecule has 2 aromatic heterocycles. The molecule has 1 aliphatic heterocycles. The zero-order valence-electron chi connectivity index (χ0n) is 23.0. The molecule has 0 radical (unpaired) electrons. The van der Waals surface area contributed by atoms with Gasteiger partial charge >= 0.3 is 5.97 Å². The van der Waals surface area contributed by atoms with E-state index < -0.39 is 0 Å². The normalized spacial score (nSPS) is 14.7. The second-order valence-corrected chi connectivity index (χ2v) is 11.2. The third kappa shape index (κ3) is 6.93. The second-order valence-electron chi connectivity index (χ2n) is 10.2. The van der Waals surface area contributed by atoms with E-state index in [4.69, 9.17) is 19.6 Å². The Kier molecular flexibility index (Phi) is 9.40. The van der Waals surface area contributed by atoms with Gasteiger partial charge in [0.2, 0.25) is 4.96 Å². The predicted octanol–water partition coefficient (Wildman–Crippen LogP) is 6.69. The van der Waals surface area contributed by atoms with E-state index in [1.165, 1.54) is 63.7 Å². The minimum Gasteiger partial charge on any atom is -0.462 e. The number of imidazole rings is 1. The maximum absolute atomic E-state index is 11.9. The Labute approximate surface area is 234 Å². The lowest BCUT2D eigenvalue weighted by Crippen LogP contribution is -2.33. The number of unbranched alkanes of at least 4 members (excludes halogenated alkanes) is 3. The lowest BCUT2D eigenvalue weighted by molar-refractivity contribution is 0.0526. The molecule has 1 saturated heterocycles. The molecule has 206 valence electrons. The molecule has 0 amide bonds. The van der Waals surface area contributed by atoms with Crippen LogP contribution in [0.3, 0.4) is 0 Å². The molecule has 0 bridgehead atoms. The zero-order valence-corrected chi connectivity index (χ0v) is 23.8. The van der Waals surface area contributed by atoms with Gasteiger partial charge in [-0.3, -0.25) is 0 Å². The summed E-state index contributed by atoms with van der Waals surface area (Å²) in [7, 11) is 1.78. The fourth-order valence-electron chi connectivity index (χ4n) is 5.27. The highest BCUT2D eigenvalue weighted by Gasteiger charge is 2.20. The highest BCUT2D eigenvalue weighted by atomic mass is 32.1. The fraction of sp³-hybridized carbons (Fsp3) is 0.452. The van der Waals surface area contributed by atoms with Crippen molar-refractivity contribution < 1.29 is 14.3 Å². The summed E-state index contributed by atoms with van der Waals surface area (Å²) in [6.45, 7) is 6.68. The van der Waals surface area contributed by atoms with Gasteiger partial charge in [-0.2, -0.15) is 5.10 Å². The number of benzene rings is 2. The van der Waals surface area contributed by atoms with Crippen molar-refractivity contribution in [2.75, 3.05) is 40.0 Å². The molecule has 0 aliphatic carbocycles. The number of hydrogen-bond acceptors (Lipinski definition) is 7. The predicted molar refractivity (Wildman–Crippen MR) is 156 cm³/mol. The van der Waals surface area contributed by atoms with Crippen LogP contribution >= 0.6 is 11.3 Å². The molecule has 39 heavy (non-hydrogen) atoms. The van der Waals surface area contributed by atoms with Crippen LogP contribution in [0.5, 0.6) is 0 Å². The van der Waals surface area contributed by atoms with E-state index in [1.54, 1.807) is 37.5 Å². The number of nitrogens with zero attached hydrogens (tertiary/aromatic N) is 4. The van der Waals surface area contributed by atoms with Crippen molar-refractivity contribution in [3.05, 3.63) is 65.9 Å². The molecule has 0 spiro atoms. The number of carbonyl (C=O) groups excluding carboxylic acids is 1. The summed E-state index contributed by atoms with van der Waals surface area (Å²) in [6, 6.07) is 16.3. The Morgan fingerprint density at radius 3 is 2.38 bits per heavy atom. The molecule has 2 aromatic carbocycles. The molecule has 4 aromatic rings. The number of esters is 1. The number of carbonyl (C=O) groups is 1. The lowest BCUT2D eigenvalue weighted by atomic mass is 9.89. The van der Waals surface area contributed by atoms with Crippen LogP contribution in [0.25, 0.3) is 26.8 Å². The highest BCUT2D eigenvalue weighted by Crippen LogP contribution is 2.32. The Hall–Kier alpha value is -3.07. The summed E-state index contributed by atoms with van der Waals surface area (Å²) in [5, 5.41) is 5.75. The van der Waals surface area contributed by atoms with Crippen molar-refractivity contribution in [2.24, 2.45) is 0 Å². The average Bonchev–Trinajstić information content (AvgIpc) is 3.56. The topological polar surface area (TPSA) is 69.0 Å². The minimum absolute atomic E-state index is 0.308. The third-order valence-corrected chi connectivity index (χ3v) is 8.50. The maximum Gasteiger partial charge on any atom is 0.338 e. The van der Waals surface area contributed by atoms with Gasteiger partial charge in [0.05, 0.1) is 24.1 Å². The van der Waals surface area contributed by atoms with Gasteiger partial charge in [0, 0.05) is 24.8 Å². The number of piperidine rings is 1. The molecule has 1 aliphatic rings. The third-order valence-electron chi connectivity index (χ3n) is 7.52. The maximum atomic E-state index is 11.9. The van der Waals surface area contributed by atoms with E-state index in [0.717, 1.165) is 33.4 Å². The molecule has 7 nitrogen and oxygen atoms in total. The van der Waals surface area contributed by atoms with E-state index >= 15 is 0 Å². The van der Waals surface area contributed by atoms with Crippen molar-refractivity contribution in [1.29, 1.82) is 0 Å². The van der Waals surface area contributed by atoms with Gasteiger partial charge in [-0.15, -0.1) is 0 Å². The Morgan fingerprint density at radius 1 is 0.974 bits per heavy atom. The van der Waals surface area contributed by atoms with Crippen LogP contribution in [-0.2, 0) is 9.47 Å². The molecular weight excluding hydrogens is 508 g/mol. The monoisotopic (exact) mass is 546 g/mol. The standard InChI is InChI=1S/C31H38N4O3S/c1-3-38-30(36)27-14-10-25(11-15-27)28-22-35-31(32-28)39-29(33-35)26-12-8-23(9-13-26)24-16-19-34(20-17-24)18-6-4-5-7-21-37-2/h8-15,22,24H,3-7,16-21H2,1-2H3. The van der Waals surface area contributed by atoms with Gasteiger partial charge in [0.25, 0.3) is 0 Å². The van der Waals surface area contributed by atoms with Gasteiger partial charge < -0.3 is 14.4 Å². The van der Waals surface area contributed by atoms with E-state index in [2.05, 4.69) is 29.2 Å². The Bertz CT molecular complexity index is 1310. The molecule has 8 heteroatoms. The first kappa shape index (κ1) is 27.5. The Morgan fingerprint density at radius 2 is 1.69 bits per heavy atom. The van der Waals surface area contributed by atoms with Crippen LogP contribution in [0.2, 0.25) is 0 Å². The number of likely N-dealkylation sites (tertiary alicyclic amines) is 1. The highest BCUT2D eigenvalue weighted by molar-refractivity contribution is 7.19. The number of rotatable bonds is 12.